The quantitative estimate of drug-likeness (QED) is 0.628. The molecule has 0 saturated heterocycles. The van der Waals surface area contributed by atoms with Crippen LogP contribution in [0.25, 0.3) is 0 Å². The number of nitrogens with zero attached hydrogens (tertiary/aromatic N) is 1. The van der Waals surface area contributed by atoms with Gasteiger partial charge in [-0.3, -0.25) is 0 Å². The van der Waals surface area contributed by atoms with Gasteiger partial charge in [0.2, 0.25) is 5.75 Å². The topological polar surface area (TPSA) is 60.0 Å². The summed E-state index contributed by atoms with van der Waals surface area (Å²) in [6, 6.07) is 13.3. The van der Waals surface area contributed by atoms with Crippen molar-refractivity contribution in [2.24, 2.45) is 0 Å². The number of carbonyl (C=O) groups excluding carboxylic acids is 1. The van der Waals surface area contributed by atoms with Crippen LogP contribution in [0.4, 0.5) is 10.5 Å². The number of hydrogen-bond acceptors (Lipinski definition) is 4. The molecular weight excluding hydrogens is 356 g/mol. The molecule has 0 aromatic heterocycles. The van der Waals surface area contributed by atoms with Crippen LogP contribution in [0.5, 0.6) is 17.2 Å². The van der Waals surface area contributed by atoms with Crippen LogP contribution in [-0.4, -0.2) is 37.3 Å². The van der Waals surface area contributed by atoms with Crippen LogP contribution in [0.3, 0.4) is 0 Å². The fourth-order valence-corrected chi connectivity index (χ4v) is 2.79. The molecule has 0 bridgehead atoms. The van der Waals surface area contributed by atoms with Gasteiger partial charge in [0.1, 0.15) is 0 Å². The fourth-order valence-electron chi connectivity index (χ4n) is 2.79. The molecule has 0 aliphatic heterocycles. The summed E-state index contributed by atoms with van der Waals surface area (Å²) in [6.07, 6.45) is 0. The number of benzene rings is 2. The highest BCUT2D eigenvalue weighted by Crippen LogP contribution is 2.40. The van der Waals surface area contributed by atoms with Crippen molar-refractivity contribution in [3.05, 3.63) is 48.0 Å². The van der Waals surface area contributed by atoms with Crippen LogP contribution in [0.1, 0.15) is 33.3 Å². The molecule has 0 saturated carbocycles. The minimum Gasteiger partial charge on any atom is -0.490 e. The molecule has 0 radical (unpaired) electrons. The third kappa shape index (κ3) is 5.81. The Labute approximate surface area is 167 Å². The molecule has 0 unspecified atom stereocenters. The Bertz CT molecular complexity index is 722. The van der Waals surface area contributed by atoms with Gasteiger partial charge < -0.3 is 24.4 Å². The molecule has 152 valence electrons. The van der Waals surface area contributed by atoms with Gasteiger partial charge in [-0.2, -0.15) is 0 Å². The molecule has 0 fully saturated rings. The summed E-state index contributed by atoms with van der Waals surface area (Å²) in [4.78, 5) is 14.5. The summed E-state index contributed by atoms with van der Waals surface area (Å²) in [5, 5.41) is 2.95. The molecule has 28 heavy (non-hydrogen) atoms. The number of rotatable bonds is 10. The second-order valence-electron chi connectivity index (χ2n) is 6.03. The molecule has 2 amide bonds. The van der Waals surface area contributed by atoms with Crippen molar-refractivity contribution in [1.29, 1.82) is 0 Å². The highest BCUT2D eigenvalue weighted by molar-refractivity contribution is 5.90. The van der Waals surface area contributed by atoms with Gasteiger partial charge in [-0.25, -0.2) is 4.79 Å². The maximum Gasteiger partial charge on any atom is 0.322 e. The lowest BCUT2D eigenvalue weighted by molar-refractivity contribution is 0.212. The number of anilines is 1. The lowest BCUT2D eigenvalue weighted by Gasteiger charge is -2.22. The van der Waals surface area contributed by atoms with E-state index < -0.39 is 0 Å². The molecule has 1 N–H and O–H groups in total. The normalized spacial score (nSPS) is 10.3. The van der Waals surface area contributed by atoms with Gasteiger partial charge in [-0.15, -0.1) is 0 Å². The largest absolute Gasteiger partial charge is 0.490 e. The third-order valence-electron chi connectivity index (χ3n) is 4.05. The first kappa shape index (κ1) is 21.4. The summed E-state index contributed by atoms with van der Waals surface area (Å²) in [5.41, 5.74) is 1.68. The molecule has 0 aliphatic rings. The summed E-state index contributed by atoms with van der Waals surface area (Å²) in [6.45, 7) is 10.3. The Morgan fingerprint density at radius 2 is 1.46 bits per heavy atom. The van der Waals surface area contributed by atoms with Crippen molar-refractivity contribution >= 4 is 11.7 Å². The van der Waals surface area contributed by atoms with E-state index in [0.29, 0.717) is 55.8 Å². The van der Waals surface area contributed by atoms with E-state index in [2.05, 4.69) is 5.32 Å². The van der Waals surface area contributed by atoms with Gasteiger partial charge in [0, 0.05) is 25.2 Å². The van der Waals surface area contributed by atoms with Gasteiger partial charge in [0.05, 0.1) is 25.5 Å². The second-order valence-corrected chi connectivity index (χ2v) is 6.03. The smallest absolute Gasteiger partial charge is 0.322 e. The zero-order valence-electron chi connectivity index (χ0n) is 17.2. The van der Waals surface area contributed by atoms with Crippen molar-refractivity contribution in [3.63, 3.8) is 0 Å². The maximum atomic E-state index is 12.8. The van der Waals surface area contributed by atoms with Crippen molar-refractivity contribution in [3.8, 4) is 17.2 Å². The Morgan fingerprint density at radius 3 is 1.96 bits per heavy atom. The van der Waals surface area contributed by atoms with Crippen LogP contribution in [-0.2, 0) is 6.54 Å². The van der Waals surface area contributed by atoms with Gasteiger partial charge in [-0.1, -0.05) is 30.3 Å². The van der Waals surface area contributed by atoms with Crippen LogP contribution < -0.4 is 19.5 Å². The zero-order valence-corrected chi connectivity index (χ0v) is 17.2. The number of ether oxygens (including phenoxy) is 3. The molecule has 2 rings (SSSR count). The molecule has 0 spiro atoms. The van der Waals surface area contributed by atoms with Crippen LogP contribution >= 0.6 is 0 Å². The van der Waals surface area contributed by atoms with Crippen molar-refractivity contribution in [1.82, 2.24) is 4.90 Å². The van der Waals surface area contributed by atoms with Crippen LogP contribution in [0, 0.1) is 0 Å². The summed E-state index contributed by atoms with van der Waals surface area (Å²) >= 11 is 0. The van der Waals surface area contributed by atoms with Crippen molar-refractivity contribution in [2.75, 3.05) is 31.7 Å². The number of carbonyl (C=O) groups is 1. The van der Waals surface area contributed by atoms with E-state index in [4.69, 9.17) is 14.2 Å². The number of nitrogens with one attached hydrogen (secondary N) is 1. The molecular formula is C22H30N2O4. The molecule has 0 atom stereocenters. The van der Waals surface area contributed by atoms with E-state index in [1.807, 2.05) is 58.0 Å². The summed E-state index contributed by atoms with van der Waals surface area (Å²) in [5.74, 6) is 1.66. The average molecular weight is 386 g/mol. The molecule has 2 aromatic rings. The number of urea groups is 1. The molecule has 6 heteroatoms. The van der Waals surface area contributed by atoms with Crippen LogP contribution in [0.15, 0.2) is 42.5 Å². The minimum absolute atomic E-state index is 0.180. The Morgan fingerprint density at radius 1 is 0.893 bits per heavy atom. The number of amides is 2. The van der Waals surface area contributed by atoms with Crippen molar-refractivity contribution in [2.45, 2.75) is 34.2 Å². The fraction of sp³-hybridized carbons (Fsp3) is 0.409. The van der Waals surface area contributed by atoms with Gasteiger partial charge >= 0.3 is 6.03 Å². The van der Waals surface area contributed by atoms with E-state index in [1.165, 1.54) is 0 Å². The van der Waals surface area contributed by atoms with Crippen LogP contribution in [0.2, 0.25) is 0 Å². The van der Waals surface area contributed by atoms with Gasteiger partial charge in [-0.05, 0) is 33.3 Å². The van der Waals surface area contributed by atoms with Crippen molar-refractivity contribution < 1.29 is 19.0 Å². The number of hydrogen-bond donors (Lipinski definition) is 1. The van der Waals surface area contributed by atoms with E-state index >= 15 is 0 Å². The molecule has 0 heterocycles. The zero-order chi connectivity index (χ0) is 20.4. The van der Waals surface area contributed by atoms with Gasteiger partial charge in [0.25, 0.3) is 0 Å². The van der Waals surface area contributed by atoms with E-state index in [-0.39, 0.29) is 6.03 Å². The molecule has 6 nitrogen and oxygen atoms in total. The van der Waals surface area contributed by atoms with Gasteiger partial charge in [0.15, 0.2) is 11.5 Å². The summed E-state index contributed by atoms with van der Waals surface area (Å²) < 4.78 is 17.1. The predicted molar refractivity (Wildman–Crippen MR) is 111 cm³/mol. The highest BCUT2D eigenvalue weighted by atomic mass is 16.5. The Hall–Kier alpha value is -2.89. The SMILES string of the molecule is CCOc1cc(NC(=O)N(CC)Cc2ccccc2)cc(OCC)c1OCC. The predicted octanol–water partition coefficient (Wildman–Crippen LogP) is 4.94. The van der Waals surface area contributed by atoms with E-state index in [1.54, 1.807) is 17.0 Å². The lowest BCUT2D eigenvalue weighted by atomic mass is 10.2. The first-order valence-electron chi connectivity index (χ1n) is 9.79. The monoisotopic (exact) mass is 386 g/mol. The maximum absolute atomic E-state index is 12.8. The van der Waals surface area contributed by atoms with E-state index in [9.17, 15) is 4.79 Å². The third-order valence-corrected chi connectivity index (χ3v) is 4.05. The van der Waals surface area contributed by atoms with E-state index in [0.717, 1.165) is 5.56 Å². The molecule has 2 aromatic carbocycles. The second kappa shape index (κ2) is 11.1. The Balaban J connectivity index is 2.23. The minimum atomic E-state index is -0.180. The summed E-state index contributed by atoms with van der Waals surface area (Å²) in [7, 11) is 0. The average Bonchev–Trinajstić information content (AvgIpc) is 2.69. The molecule has 0 aliphatic carbocycles. The highest BCUT2D eigenvalue weighted by Gasteiger charge is 2.18. The first-order valence-corrected chi connectivity index (χ1v) is 9.79. The standard InChI is InChI=1S/C22H30N2O4/c1-5-24(16-17-12-10-9-11-13-17)22(25)23-18-14-19(26-6-2)21(28-8-4)20(15-18)27-7-3/h9-15H,5-8,16H2,1-4H3,(H,23,25). The Kier molecular flexibility index (Phi) is 8.46. The lowest BCUT2D eigenvalue weighted by Crippen LogP contribution is -2.34. The first-order chi connectivity index (χ1) is 13.6.